The zero-order chi connectivity index (χ0) is 14.8. The van der Waals surface area contributed by atoms with E-state index in [9.17, 15) is 13.2 Å². The Balaban J connectivity index is 2.44. The number of halogens is 4. The Morgan fingerprint density at radius 1 is 1.20 bits per heavy atom. The third-order valence-corrected chi connectivity index (χ3v) is 3.00. The van der Waals surface area contributed by atoms with Crippen LogP contribution in [0.5, 0.6) is 0 Å². The van der Waals surface area contributed by atoms with Gasteiger partial charge in [0.2, 0.25) is 0 Å². The molecule has 0 aliphatic rings. The van der Waals surface area contributed by atoms with Crippen molar-refractivity contribution in [1.82, 2.24) is 4.98 Å². The van der Waals surface area contributed by atoms with Gasteiger partial charge in [0.05, 0.1) is 16.3 Å². The largest absolute Gasteiger partial charge is 0.417 e. The van der Waals surface area contributed by atoms with Gasteiger partial charge in [-0.1, -0.05) is 41.9 Å². The Kier molecular flexibility index (Phi) is 4.04. The van der Waals surface area contributed by atoms with Crippen LogP contribution in [-0.4, -0.2) is 4.98 Å². The smallest absolute Gasteiger partial charge is 0.256 e. The molecule has 0 amide bonds. The van der Waals surface area contributed by atoms with Gasteiger partial charge < -0.3 is 0 Å². The molecular weight excluding hydrogens is 291 g/mol. The molecule has 0 fully saturated rings. The number of pyridine rings is 1. The summed E-state index contributed by atoms with van der Waals surface area (Å²) in [6.07, 6.45) is -3.81. The van der Waals surface area contributed by atoms with Crippen LogP contribution in [0, 0.1) is 5.53 Å². The SMILES string of the molecule is N=NC(c1ccccc1)c1ncc(C(F)(F)F)cc1Cl. The number of alkyl halides is 3. The first kappa shape index (κ1) is 14.5. The van der Waals surface area contributed by atoms with Gasteiger partial charge in [-0.15, -0.1) is 0 Å². The monoisotopic (exact) mass is 299 g/mol. The topological polar surface area (TPSA) is 49.1 Å². The second-order valence-corrected chi connectivity index (χ2v) is 4.44. The summed E-state index contributed by atoms with van der Waals surface area (Å²) in [6.45, 7) is 0. The van der Waals surface area contributed by atoms with Gasteiger partial charge in [-0.3, -0.25) is 4.98 Å². The van der Waals surface area contributed by atoms with E-state index in [1.807, 2.05) is 0 Å². The lowest BCUT2D eigenvalue weighted by atomic mass is 10.0. The summed E-state index contributed by atoms with van der Waals surface area (Å²) < 4.78 is 37.6. The van der Waals surface area contributed by atoms with E-state index in [4.69, 9.17) is 17.1 Å². The zero-order valence-corrected chi connectivity index (χ0v) is 10.8. The summed E-state index contributed by atoms with van der Waals surface area (Å²) in [4.78, 5) is 3.73. The van der Waals surface area contributed by atoms with E-state index < -0.39 is 17.8 Å². The summed E-state index contributed by atoms with van der Waals surface area (Å²) in [6, 6.07) is 8.66. The van der Waals surface area contributed by atoms with Crippen molar-refractivity contribution >= 4 is 11.6 Å². The highest BCUT2D eigenvalue weighted by molar-refractivity contribution is 6.31. The van der Waals surface area contributed by atoms with Crippen molar-refractivity contribution in [2.75, 3.05) is 0 Å². The zero-order valence-electron chi connectivity index (χ0n) is 10.0. The molecular formula is C13H9ClF3N3. The molecule has 1 aromatic carbocycles. The molecule has 3 nitrogen and oxygen atoms in total. The molecule has 104 valence electrons. The van der Waals surface area contributed by atoms with Crippen LogP contribution < -0.4 is 0 Å². The Morgan fingerprint density at radius 2 is 1.85 bits per heavy atom. The van der Waals surface area contributed by atoms with Gasteiger partial charge in [0.25, 0.3) is 0 Å². The maximum absolute atomic E-state index is 12.5. The first-order valence-corrected chi connectivity index (χ1v) is 5.95. The Labute approximate surface area is 117 Å². The number of nitrogens with one attached hydrogen (secondary N) is 1. The molecule has 1 N–H and O–H groups in total. The summed E-state index contributed by atoms with van der Waals surface area (Å²) in [5.74, 6) is 0. The highest BCUT2D eigenvalue weighted by Gasteiger charge is 2.32. The fourth-order valence-corrected chi connectivity index (χ4v) is 2.00. The van der Waals surface area contributed by atoms with E-state index >= 15 is 0 Å². The molecule has 0 aliphatic carbocycles. The normalized spacial score (nSPS) is 13.0. The number of nitrogens with zero attached hydrogens (tertiary/aromatic N) is 2. The summed E-state index contributed by atoms with van der Waals surface area (Å²) in [7, 11) is 0. The summed E-state index contributed by atoms with van der Waals surface area (Å²) >= 11 is 5.85. The van der Waals surface area contributed by atoms with Crippen LogP contribution in [0.15, 0.2) is 47.7 Å². The van der Waals surface area contributed by atoms with Gasteiger partial charge in [0.1, 0.15) is 6.04 Å². The molecule has 1 unspecified atom stereocenters. The number of benzene rings is 1. The minimum atomic E-state index is -4.50. The van der Waals surface area contributed by atoms with Gasteiger partial charge in [-0.05, 0) is 11.6 Å². The van der Waals surface area contributed by atoms with Crippen LogP contribution in [0.3, 0.4) is 0 Å². The maximum Gasteiger partial charge on any atom is 0.417 e. The van der Waals surface area contributed by atoms with Crippen LogP contribution in [0.1, 0.15) is 22.9 Å². The van der Waals surface area contributed by atoms with Gasteiger partial charge in [-0.25, -0.2) is 5.53 Å². The van der Waals surface area contributed by atoms with Gasteiger partial charge in [0, 0.05) is 6.20 Å². The molecule has 1 heterocycles. The van der Waals surface area contributed by atoms with Gasteiger partial charge >= 0.3 is 6.18 Å². The molecule has 1 aromatic heterocycles. The fourth-order valence-electron chi connectivity index (χ4n) is 1.73. The number of hydrogen-bond acceptors (Lipinski definition) is 3. The second-order valence-electron chi connectivity index (χ2n) is 4.03. The Bertz CT molecular complexity index is 614. The lowest BCUT2D eigenvalue weighted by molar-refractivity contribution is -0.137. The van der Waals surface area contributed by atoms with Crippen molar-refractivity contribution in [2.45, 2.75) is 12.2 Å². The summed E-state index contributed by atoms with van der Waals surface area (Å²) in [5, 5.41) is 3.24. The van der Waals surface area contributed by atoms with Gasteiger partial charge in [0.15, 0.2) is 0 Å². The van der Waals surface area contributed by atoms with Crippen LogP contribution >= 0.6 is 11.6 Å². The standard InChI is InChI=1S/C13H9ClF3N3/c14-10-6-9(13(15,16)17)7-19-12(10)11(20-18)8-4-2-1-3-5-8/h1-7,11,18H. The highest BCUT2D eigenvalue weighted by Crippen LogP contribution is 2.34. The maximum atomic E-state index is 12.5. The van der Waals surface area contributed by atoms with Gasteiger partial charge in [-0.2, -0.15) is 18.3 Å². The van der Waals surface area contributed by atoms with E-state index in [0.29, 0.717) is 11.8 Å². The molecule has 0 saturated carbocycles. The number of hydrogen-bond donors (Lipinski definition) is 1. The number of rotatable bonds is 3. The van der Waals surface area contributed by atoms with Crippen molar-refractivity contribution in [3.8, 4) is 0 Å². The van der Waals surface area contributed by atoms with Crippen LogP contribution in [0.4, 0.5) is 13.2 Å². The van der Waals surface area contributed by atoms with E-state index in [2.05, 4.69) is 10.1 Å². The van der Waals surface area contributed by atoms with Crippen LogP contribution in [0.25, 0.3) is 0 Å². The van der Waals surface area contributed by atoms with E-state index in [-0.39, 0.29) is 10.7 Å². The van der Waals surface area contributed by atoms with Crippen molar-refractivity contribution < 1.29 is 13.2 Å². The predicted molar refractivity (Wildman–Crippen MR) is 67.7 cm³/mol. The Hall–Kier alpha value is -1.95. The van der Waals surface area contributed by atoms with Crippen molar-refractivity contribution in [3.05, 3.63) is 64.4 Å². The molecule has 20 heavy (non-hydrogen) atoms. The van der Waals surface area contributed by atoms with Crippen molar-refractivity contribution in [2.24, 2.45) is 5.11 Å². The Morgan fingerprint density at radius 3 is 2.35 bits per heavy atom. The molecule has 0 bridgehead atoms. The minimum absolute atomic E-state index is 0.126. The van der Waals surface area contributed by atoms with E-state index in [0.717, 1.165) is 6.07 Å². The lowest BCUT2D eigenvalue weighted by Gasteiger charge is -2.14. The van der Waals surface area contributed by atoms with Crippen molar-refractivity contribution in [3.63, 3.8) is 0 Å². The molecule has 0 aliphatic heterocycles. The molecule has 1 atom stereocenters. The molecule has 0 saturated heterocycles. The quantitative estimate of drug-likeness (QED) is 0.807. The van der Waals surface area contributed by atoms with Crippen molar-refractivity contribution in [1.29, 1.82) is 5.53 Å². The fraction of sp³-hybridized carbons (Fsp3) is 0.154. The third-order valence-electron chi connectivity index (χ3n) is 2.70. The lowest BCUT2D eigenvalue weighted by Crippen LogP contribution is -2.08. The third kappa shape index (κ3) is 2.96. The first-order valence-electron chi connectivity index (χ1n) is 5.57. The molecule has 0 radical (unpaired) electrons. The highest BCUT2D eigenvalue weighted by atomic mass is 35.5. The average molecular weight is 300 g/mol. The molecule has 2 aromatic rings. The second kappa shape index (κ2) is 5.58. The first-order chi connectivity index (χ1) is 9.43. The van der Waals surface area contributed by atoms with E-state index in [1.165, 1.54) is 0 Å². The van der Waals surface area contributed by atoms with E-state index in [1.54, 1.807) is 30.3 Å². The number of aromatic nitrogens is 1. The average Bonchev–Trinajstić information content (AvgIpc) is 2.41. The molecule has 7 heteroatoms. The van der Waals surface area contributed by atoms with Crippen LogP contribution in [0.2, 0.25) is 5.02 Å². The molecule has 2 rings (SSSR count). The predicted octanol–water partition coefficient (Wildman–Crippen LogP) is 4.87. The van der Waals surface area contributed by atoms with Crippen LogP contribution in [-0.2, 0) is 6.18 Å². The molecule has 0 spiro atoms. The minimum Gasteiger partial charge on any atom is -0.256 e. The summed E-state index contributed by atoms with van der Waals surface area (Å²) in [5.41, 5.74) is 7.05.